The first-order valence-corrected chi connectivity index (χ1v) is 9.60. The van der Waals surface area contributed by atoms with Crippen LogP contribution in [0.4, 0.5) is 5.69 Å². The van der Waals surface area contributed by atoms with Gasteiger partial charge in [-0.3, -0.25) is 14.9 Å². The minimum atomic E-state index is -0.600. The third-order valence-electron chi connectivity index (χ3n) is 5.23. The van der Waals surface area contributed by atoms with Crippen molar-refractivity contribution in [3.05, 3.63) is 63.2 Å². The number of ether oxygens (including phenoxy) is 1. The number of carbonyl (C=O) groups is 1. The Morgan fingerprint density at radius 1 is 1.30 bits per heavy atom. The van der Waals surface area contributed by atoms with Crippen LogP contribution < -0.4 is 10.2 Å². The molecule has 0 aromatic heterocycles. The van der Waals surface area contributed by atoms with Gasteiger partial charge in [-0.25, -0.2) is 5.43 Å². The Hall–Kier alpha value is -3.42. The van der Waals surface area contributed by atoms with E-state index in [1.807, 2.05) is 0 Å². The van der Waals surface area contributed by atoms with Gasteiger partial charge >= 0.3 is 0 Å². The van der Waals surface area contributed by atoms with Crippen LogP contribution >= 0.6 is 0 Å². The summed E-state index contributed by atoms with van der Waals surface area (Å²) in [6.45, 7) is 6.46. The smallest absolute Gasteiger partial charge is 0.274 e. The second-order valence-electron chi connectivity index (χ2n) is 8.40. The Bertz CT molecular complexity index is 993. The van der Waals surface area contributed by atoms with Gasteiger partial charge in [0.05, 0.1) is 24.3 Å². The van der Waals surface area contributed by atoms with Crippen molar-refractivity contribution in [2.24, 2.45) is 11.0 Å². The van der Waals surface area contributed by atoms with Gasteiger partial charge in [0, 0.05) is 17.5 Å². The van der Waals surface area contributed by atoms with Crippen molar-refractivity contribution in [1.82, 2.24) is 5.43 Å². The van der Waals surface area contributed by atoms with Crippen molar-refractivity contribution in [2.75, 3.05) is 7.11 Å². The van der Waals surface area contributed by atoms with E-state index >= 15 is 0 Å². The second kappa shape index (κ2) is 8.14. The topological polar surface area (TPSA) is 114 Å². The number of nitrogens with one attached hydrogen (secondary N) is 1. The maximum absolute atomic E-state index is 12.4. The fourth-order valence-corrected chi connectivity index (χ4v) is 3.31. The third-order valence-corrected chi connectivity index (χ3v) is 5.23. The van der Waals surface area contributed by atoms with Gasteiger partial charge in [0.1, 0.15) is 0 Å². The number of hydrogen-bond acceptors (Lipinski definition) is 6. The van der Waals surface area contributed by atoms with E-state index in [9.17, 15) is 20.0 Å². The molecule has 8 nitrogen and oxygen atoms in total. The summed E-state index contributed by atoms with van der Waals surface area (Å²) in [6, 6.07) is 10.6. The highest BCUT2D eigenvalue weighted by atomic mass is 16.6. The lowest BCUT2D eigenvalue weighted by molar-refractivity contribution is -0.385. The predicted molar refractivity (Wildman–Crippen MR) is 113 cm³/mol. The molecule has 1 aliphatic carbocycles. The maximum Gasteiger partial charge on any atom is 0.274 e. The summed E-state index contributed by atoms with van der Waals surface area (Å²) in [5.41, 5.74) is 4.71. The van der Waals surface area contributed by atoms with Gasteiger partial charge in [-0.2, -0.15) is 5.10 Å². The lowest BCUT2D eigenvalue weighted by Gasteiger charge is -2.19. The molecule has 0 saturated heterocycles. The molecule has 2 N–H and O–H groups in total. The molecule has 158 valence electrons. The molecule has 0 aliphatic heterocycles. The van der Waals surface area contributed by atoms with Crippen molar-refractivity contribution >= 4 is 17.8 Å². The van der Waals surface area contributed by atoms with Crippen LogP contribution in [0.2, 0.25) is 0 Å². The number of nitro groups is 1. The lowest BCUT2D eigenvalue weighted by atomic mass is 9.86. The maximum atomic E-state index is 12.4. The summed E-state index contributed by atoms with van der Waals surface area (Å²) in [6.07, 6.45) is 1.91. The van der Waals surface area contributed by atoms with E-state index in [1.165, 1.54) is 12.7 Å². The zero-order valence-corrected chi connectivity index (χ0v) is 17.4. The minimum absolute atomic E-state index is 0.0436. The van der Waals surface area contributed by atoms with Gasteiger partial charge in [0.2, 0.25) is 5.91 Å². The number of hydrazone groups is 1. The number of amides is 1. The van der Waals surface area contributed by atoms with Crippen molar-refractivity contribution in [3.63, 3.8) is 0 Å². The van der Waals surface area contributed by atoms with Crippen LogP contribution in [0, 0.1) is 16.0 Å². The average Bonchev–Trinajstić information content (AvgIpc) is 3.49. The molecule has 3 rings (SSSR count). The average molecular weight is 411 g/mol. The van der Waals surface area contributed by atoms with Crippen LogP contribution in [0.25, 0.3) is 0 Å². The molecule has 1 amide bonds. The van der Waals surface area contributed by atoms with Crippen LogP contribution in [0.5, 0.6) is 11.5 Å². The number of aromatic hydroxyl groups is 1. The van der Waals surface area contributed by atoms with Crippen molar-refractivity contribution in [3.8, 4) is 11.5 Å². The van der Waals surface area contributed by atoms with Crippen LogP contribution in [0.15, 0.2) is 41.5 Å². The van der Waals surface area contributed by atoms with Gasteiger partial charge in [-0.15, -0.1) is 0 Å². The number of phenolic OH excluding ortho intramolecular Hbond substituents is 1. The molecule has 30 heavy (non-hydrogen) atoms. The molecular formula is C22H25N3O5. The number of hydrogen-bond donors (Lipinski definition) is 2. The molecule has 0 bridgehead atoms. The van der Waals surface area contributed by atoms with Crippen LogP contribution in [0.1, 0.15) is 49.8 Å². The van der Waals surface area contributed by atoms with Crippen molar-refractivity contribution in [1.29, 1.82) is 0 Å². The van der Waals surface area contributed by atoms with E-state index in [0.717, 1.165) is 30.3 Å². The molecule has 2 unspecified atom stereocenters. The first kappa shape index (κ1) is 21.3. The standard InChI is InChI=1S/C22H25N3O5/c1-22(2,3)15-7-5-13(6-8-15)17-11-18(17)21(27)24-23-12-14-9-16(25(28)29)10-19(30-4)20(14)26/h5-10,12,17-18,26H,11H2,1-4H3,(H,24,27)/b23-12+. The molecule has 1 saturated carbocycles. The molecule has 8 heteroatoms. The fourth-order valence-electron chi connectivity index (χ4n) is 3.31. The van der Waals surface area contributed by atoms with E-state index in [0.29, 0.717) is 0 Å². The molecule has 2 atom stereocenters. The molecular weight excluding hydrogens is 386 g/mol. The minimum Gasteiger partial charge on any atom is -0.504 e. The van der Waals surface area contributed by atoms with Crippen LogP contribution in [-0.4, -0.2) is 29.3 Å². The Labute approximate surface area is 174 Å². The molecule has 0 spiro atoms. The summed E-state index contributed by atoms with van der Waals surface area (Å²) >= 11 is 0. The van der Waals surface area contributed by atoms with Gasteiger partial charge in [0.15, 0.2) is 11.5 Å². The number of rotatable bonds is 6. The molecule has 2 aromatic rings. The quantitative estimate of drug-likeness (QED) is 0.426. The SMILES string of the molecule is COc1cc([N+](=O)[O-])cc(/C=N/NC(=O)C2CC2c2ccc(C(C)(C)C)cc2)c1O. The van der Waals surface area contributed by atoms with Crippen LogP contribution in [0.3, 0.4) is 0 Å². The number of carbonyl (C=O) groups excluding carboxylic acids is 1. The van der Waals surface area contributed by atoms with Crippen LogP contribution in [-0.2, 0) is 10.2 Å². The van der Waals surface area contributed by atoms with E-state index in [4.69, 9.17) is 4.74 Å². The van der Waals surface area contributed by atoms with E-state index in [-0.39, 0.29) is 45.9 Å². The summed E-state index contributed by atoms with van der Waals surface area (Å²) < 4.78 is 4.94. The number of methoxy groups -OCH3 is 1. The van der Waals surface area contributed by atoms with E-state index in [2.05, 4.69) is 55.6 Å². The highest BCUT2D eigenvalue weighted by Crippen LogP contribution is 2.47. The lowest BCUT2D eigenvalue weighted by Crippen LogP contribution is -2.20. The Balaban J connectivity index is 1.64. The highest BCUT2D eigenvalue weighted by Gasteiger charge is 2.44. The monoisotopic (exact) mass is 411 g/mol. The number of non-ortho nitro benzene ring substituents is 1. The van der Waals surface area contributed by atoms with E-state index < -0.39 is 4.92 Å². The Morgan fingerprint density at radius 3 is 2.53 bits per heavy atom. The van der Waals surface area contributed by atoms with Gasteiger partial charge in [-0.1, -0.05) is 45.0 Å². The van der Waals surface area contributed by atoms with Gasteiger partial charge in [0.25, 0.3) is 5.69 Å². The third kappa shape index (κ3) is 4.59. The summed E-state index contributed by atoms with van der Waals surface area (Å²) in [4.78, 5) is 22.8. The van der Waals surface area contributed by atoms with E-state index in [1.54, 1.807) is 0 Å². The predicted octanol–water partition coefficient (Wildman–Crippen LogP) is 3.86. The number of nitrogens with zero attached hydrogens (tertiary/aromatic N) is 2. The molecule has 0 heterocycles. The first-order chi connectivity index (χ1) is 14.1. The highest BCUT2D eigenvalue weighted by molar-refractivity contribution is 5.88. The number of benzene rings is 2. The summed E-state index contributed by atoms with van der Waals surface area (Å²) in [5.74, 6) is -0.577. The number of phenols is 1. The zero-order chi connectivity index (χ0) is 22.1. The van der Waals surface area contributed by atoms with Gasteiger partial charge in [-0.05, 0) is 28.9 Å². The Morgan fingerprint density at radius 2 is 1.97 bits per heavy atom. The summed E-state index contributed by atoms with van der Waals surface area (Å²) in [5, 5.41) is 25.0. The first-order valence-electron chi connectivity index (χ1n) is 9.60. The second-order valence-corrected chi connectivity index (χ2v) is 8.40. The molecule has 0 radical (unpaired) electrons. The fraction of sp³-hybridized carbons (Fsp3) is 0.364. The number of nitro benzene ring substituents is 1. The molecule has 1 aliphatic rings. The summed E-state index contributed by atoms with van der Waals surface area (Å²) in [7, 11) is 1.29. The van der Waals surface area contributed by atoms with Crippen molar-refractivity contribution in [2.45, 2.75) is 38.5 Å². The largest absolute Gasteiger partial charge is 0.504 e. The Kier molecular flexibility index (Phi) is 5.78. The normalized spacial score (nSPS) is 18.3. The molecule has 2 aromatic carbocycles. The zero-order valence-electron chi connectivity index (χ0n) is 17.4. The van der Waals surface area contributed by atoms with Gasteiger partial charge < -0.3 is 9.84 Å². The van der Waals surface area contributed by atoms with Crippen molar-refractivity contribution < 1.29 is 19.6 Å². The molecule has 1 fully saturated rings.